The molecule has 0 aliphatic heterocycles. The number of hydrogen-bond acceptors (Lipinski definition) is 5. The number of sulfonamides is 1. The monoisotopic (exact) mass is 471 g/mol. The van der Waals surface area contributed by atoms with Crippen LogP contribution in [0.4, 0.5) is 0 Å². The molecule has 0 saturated carbocycles. The van der Waals surface area contributed by atoms with E-state index in [2.05, 4.69) is 18.9 Å². The zero-order chi connectivity index (χ0) is 24.0. The van der Waals surface area contributed by atoms with E-state index in [0.717, 1.165) is 23.1 Å². The van der Waals surface area contributed by atoms with Crippen molar-refractivity contribution >= 4 is 10.0 Å². The lowest BCUT2D eigenvalue weighted by atomic mass is 10.0. The average molecular weight is 472 g/mol. The van der Waals surface area contributed by atoms with Crippen LogP contribution in [0.1, 0.15) is 30.5 Å². The fourth-order valence-corrected chi connectivity index (χ4v) is 5.18. The van der Waals surface area contributed by atoms with Crippen LogP contribution in [-0.4, -0.2) is 43.3 Å². The summed E-state index contributed by atoms with van der Waals surface area (Å²) in [5.74, 6) is 1.77. The van der Waals surface area contributed by atoms with Gasteiger partial charge in [-0.05, 0) is 54.2 Å². The topological polar surface area (TPSA) is 73.7 Å². The van der Waals surface area contributed by atoms with E-state index in [4.69, 9.17) is 9.47 Å². The molecule has 33 heavy (non-hydrogen) atoms. The molecule has 0 radical (unpaired) electrons. The number of nitrogens with zero attached hydrogens (tertiary/aromatic N) is 3. The first-order chi connectivity index (χ1) is 15.7. The van der Waals surface area contributed by atoms with Crippen molar-refractivity contribution in [2.24, 2.45) is 13.0 Å². The van der Waals surface area contributed by atoms with Crippen molar-refractivity contribution in [2.75, 3.05) is 20.8 Å². The molecule has 8 heteroatoms. The third-order valence-electron chi connectivity index (χ3n) is 5.42. The number of benzene rings is 2. The average Bonchev–Trinajstić information content (AvgIpc) is 3.20. The molecular weight excluding hydrogens is 438 g/mol. The number of methoxy groups -OCH3 is 2. The molecule has 0 aliphatic rings. The van der Waals surface area contributed by atoms with Crippen LogP contribution in [0.5, 0.6) is 11.5 Å². The third-order valence-corrected chi connectivity index (χ3v) is 7.28. The molecule has 0 N–H and O–H groups in total. The van der Waals surface area contributed by atoms with Crippen molar-refractivity contribution in [1.82, 2.24) is 14.1 Å². The highest BCUT2D eigenvalue weighted by molar-refractivity contribution is 7.89. The SMILES string of the molecule is COc1ccc(CCN(Cc2cnn(C)c2)S(=O)(=O)c2ccc(CC(C)C)cc2)cc1OC. The molecule has 7 nitrogen and oxygen atoms in total. The summed E-state index contributed by atoms with van der Waals surface area (Å²) in [6.45, 7) is 4.86. The number of rotatable bonds is 11. The molecule has 1 heterocycles. The number of aromatic nitrogens is 2. The second-order valence-electron chi connectivity index (χ2n) is 8.54. The maximum atomic E-state index is 13.6. The summed E-state index contributed by atoms with van der Waals surface area (Å²) in [5.41, 5.74) is 2.93. The van der Waals surface area contributed by atoms with E-state index in [1.807, 2.05) is 43.6 Å². The first-order valence-corrected chi connectivity index (χ1v) is 12.4. The fourth-order valence-electron chi connectivity index (χ4n) is 3.75. The van der Waals surface area contributed by atoms with Crippen molar-refractivity contribution in [2.45, 2.75) is 38.1 Å². The zero-order valence-electron chi connectivity index (χ0n) is 20.0. The minimum absolute atomic E-state index is 0.247. The van der Waals surface area contributed by atoms with E-state index in [1.165, 1.54) is 4.31 Å². The van der Waals surface area contributed by atoms with E-state index in [0.29, 0.717) is 35.3 Å². The predicted molar refractivity (Wildman–Crippen MR) is 129 cm³/mol. The van der Waals surface area contributed by atoms with Crippen LogP contribution in [0.3, 0.4) is 0 Å². The summed E-state index contributed by atoms with van der Waals surface area (Å²) >= 11 is 0. The summed E-state index contributed by atoms with van der Waals surface area (Å²) < 4.78 is 41.0. The quantitative estimate of drug-likeness (QED) is 0.422. The summed E-state index contributed by atoms with van der Waals surface area (Å²) in [6, 6.07) is 12.9. The first-order valence-electron chi connectivity index (χ1n) is 11.0. The lowest BCUT2D eigenvalue weighted by molar-refractivity contribution is 0.354. The van der Waals surface area contributed by atoms with Gasteiger partial charge in [0, 0.05) is 31.9 Å². The molecule has 0 saturated heterocycles. The van der Waals surface area contributed by atoms with Crippen molar-refractivity contribution in [3.63, 3.8) is 0 Å². The molecular formula is C25H33N3O4S. The Hall–Kier alpha value is -2.84. The van der Waals surface area contributed by atoms with E-state index in [9.17, 15) is 8.42 Å². The second kappa shape index (κ2) is 10.9. The summed E-state index contributed by atoms with van der Waals surface area (Å²) in [7, 11) is 1.30. The van der Waals surface area contributed by atoms with Crippen LogP contribution >= 0.6 is 0 Å². The van der Waals surface area contributed by atoms with Gasteiger partial charge in [-0.2, -0.15) is 9.40 Å². The maximum Gasteiger partial charge on any atom is 0.243 e. The van der Waals surface area contributed by atoms with Gasteiger partial charge < -0.3 is 9.47 Å². The van der Waals surface area contributed by atoms with Crippen LogP contribution < -0.4 is 9.47 Å². The highest BCUT2D eigenvalue weighted by atomic mass is 32.2. The fraction of sp³-hybridized carbons (Fsp3) is 0.400. The molecule has 0 spiro atoms. The Bertz CT molecular complexity index is 1150. The van der Waals surface area contributed by atoms with Gasteiger partial charge >= 0.3 is 0 Å². The van der Waals surface area contributed by atoms with Crippen molar-refractivity contribution in [3.05, 3.63) is 71.5 Å². The molecule has 3 aromatic rings. The minimum atomic E-state index is -3.69. The Morgan fingerprint density at radius 1 is 0.970 bits per heavy atom. The minimum Gasteiger partial charge on any atom is -0.493 e. The Kier molecular flexibility index (Phi) is 8.15. The van der Waals surface area contributed by atoms with Crippen molar-refractivity contribution < 1.29 is 17.9 Å². The lowest BCUT2D eigenvalue weighted by Gasteiger charge is -2.22. The van der Waals surface area contributed by atoms with Crippen LogP contribution in [0.15, 0.2) is 59.8 Å². The zero-order valence-corrected chi connectivity index (χ0v) is 20.8. The predicted octanol–water partition coefficient (Wildman–Crippen LogP) is 4.07. The van der Waals surface area contributed by atoms with Gasteiger partial charge in [-0.1, -0.05) is 32.0 Å². The van der Waals surface area contributed by atoms with Gasteiger partial charge in [0.2, 0.25) is 10.0 Å². The van der Waals surface area contributed by atoms with E-state index in [-0.39, 0.29) is 6.54 Å². The van der Waals surface area contributed by atoms with Gasteiger partial charge in [-0.3, -0.25) is 4.68 Å². The van der Waals surface area contributed by atoms with Crippen LogP contribution in [-0.2, 0) is 36.5 Å². The van der Waals surface area contributed by atoms with E-state index < -0.39 is 10.0 Å². The molecule has 0 amide bonds. The molecule has 0 aliphatic carbocycles. The van der Waals surface area contributed by atoms with Crippen molar-refractivity contribution in [3.8, 4) is 11.5 Å². The summed E-state index contributed by atoms with van der Waals surface area (Å²) in [6.07, 6.45) is 4.99. The van der Waals surface area contributed by atoms with Crippen molar-refractivity contribution in [1.29, 1.82) is 0 Å². The lowest BCUT2D eigenvalue weighted by Crippen LogP contribution is -2.32. The molecule has 178 valence electrons. The van der Waals surface area contributed by atoms with E-state index in [1.54, 1.807) is 37.2 Å². The molecule has 3 rings (SSSR count). The first kappa shape index (κ1) is 24.8. The summed E-state index contributed by atoms with van der Waals surface area (Å²) in [5, 5.41) is 4.19. The van der Waals surface area contributed by atoms with Gasteiger partial charge in [0.05, 0.1) is 25.3 Å². The van der Waals surface area contributed by atoms with Gasteiger partial charge in [-0.25, -0.2) is 8.42 Å². The maximum absolute atomic E-state index is 13.6. The number of aryl methyl sites for hydroxylation is 1. The third kappa shape index (κ3) is 6.36. The molecule has 0 bridgehead atoms. The van der Waals surface area contributed by atoms with Gasteiger partial charge in [-0.15, -0.1) is 0 Å². The molecule has 1 aromatic heterocycles. The number of hydrogen-bond donors (Lipinski definition) is 0. The van der Waals surface area contributed by atoms with E-state index >= 15 is 0 Å². The highest BCUT2D eigenvalue weighted by Gasteiger charge is 2.25. The molecule has 0 unspecified atom stereocenters. The Morgan fingerprint density at radius 3 is 2.21 bits per heavy atom. The highest BCUT2D eigenvalue weighted by Crippen LogP contribution is 2.28. The Morgan fingerprint density at radius 2 is 1.64 bits per heavy atom. The largest absolute Gasteiger partial charge is 0.493 e. The van der Waals surface area contributed by atoms with Crippen LogP contribution in [0, 0.1) is 5.92 Å². The smallest absolute Gasteiger partial charge is 0.243 e. The molecule has 0 atom stereocenters. The number of ether oxygens (including phenoxy) is 2. The van der Waals surface area contributed by atoms with Crippen LogP contribution in [0.25, 0.3) is 0 Å². The van der Waals surface area contributed by atoms with Gasteiger partial charge in [0.1, 0.15) is 0 Å². The van der Waals surface area contributed by atoms with Crippen LogP contribution in [0.2, 0.25) is 0 Å². The second-order valence-corrected chi connectivity index (χ2v) is 10.5. The Labute approximate surface area is 197 Å². The van der Waals surface area contributed by atoms with Gasteiger partial charge in [0.25, 0.3) is 0 Å². The summed E-state index contributed by atoms with van der Waals surface area (Å²) in [4.78, 5) is 0.297. The van der Waals surface area contributed by atoms with Gasteiger partial charge in [0.15, 0.2) is 11.5 Å². The molecule has 2 aromatic carbocycles. The standard InChI is InChI=1S/C25H33N3O4S/c1-19(2)14-20-6-9-23(10-7-20)33(29,30)28(18-22-16-26-27(3)17-22)13-12-21-8-11-24(31-4)25(15-21)32-5/h6-11,15-17,19H,12-14,18H2,1-5H3. The molecule has 0 fully saturated rings. The normalized spacial score (nSPS) is 11.8. The Balaban J connectivity index is 1.85.